The number of hydrogen-bond acceptors (Lipinski definition) is 8. The Hall–Kier alpha value is -3.93. The summed E-state index contributed by atoms with van der Waals surface area (Å²) in [5.74, 6) is 1.28. The first-order valence-corrected chi connectivity index (χ1v) is 15.1. The Balaban J connectivity index is 1.25. The van der Waals surface area contributed by atoms with E-state index < -0.39 is 33.1 Å². The zero-order valence-corrected chi connectivity index (χ0v) is 24.9. The Morgan fingerprint density at radius 3 is 1.20 bits per heavy atom. The van der Waals surface area contributed by atoms with Crippen molar-refractivity contribution in [3.8, 4) is 23.0 Å². The Bertz CT molecular complexity index is 1280. The van der Waals surface area contributed by atoms with Crippen LogP contribution in [0, 0.1) is 7.14 Å². The predicted octanol–water partition coefficient (Wildman–Crippen LogP) is 3.00. The number of ether oxygens (including phenoxy) is 6. The van der Waals surface area contributed by atoms with Crippen molar-refractivity contribution in [3.05, 3.63) is 115 Å². The monoisotopic (exact) mass is 669 g/mol. The van der Waals surface area contributed by atoms with Crippen LogP contribution >= 0.6 is 0 Å². The van der Waals surface area contributed by atoms with Gasteiger partial charge in [-0.1, -0.05) is 0 Å². The maximum absolute atomic E-state index is 12.5. The van der Waals surface area contributed by atoms with Gasteiger partial charge in [0.25, 0.3) is 0 Å². The van der Waals surface area contributed by atoms with E-state index in [1.54, 1.807) is 72.8 Å². The minimum atomic E-state index is -0.479. The molecule has 0 aliphatic rings. The van der Waals surface area contributed by atoms with Crippen molar-refractivity contribution >= 4 is 11.9 Å². The molecule has 8 nitrogen and oxygen atoms in total. The molecule has 0 aromatic heterocycles. The molecule has 4 aromatic carbocycles. The lowest BCUT2D eigenvalue weighted by Gasteiger charge is -2.07. The van der Waals surface area contributed by atoms with Crippen LogP contribution in [0.15, 0.2) is 97.1 Å². The molecule has 0 atom stereocenters. The zero-order valence-electron chi connectivity index (χ0n) is 22.7. The minimum Gasteiger partial charge on any atom is -0.468 e. The van der Waals surface area contributed by atoms with Gasteiger partial charge in [-0.2, -0.15) is 0 Å². The van der Waals surface area contributed by atoms with Crippen molar-refractivity contribution in [2.45, 2.75) is 13.8 Å². The molecule has 0 spiro atoms. The topological polar surface area (TPSA) is 89.5 Å². The number of benzene rings is 4. The molecular weight excluding hydrogens is 639 g/mol. The van der Waals surface area contributed by atoms with E-state index >= 15 is 0 Å². The number of esters is 2. The van der Waals surface area contributed by atoms with Crippen LogP contribution in [0.25, 0.3) is 0 Å². The van der Waals surface area contributed by atoms with Crippen LogP contribution in [-0.2, 0) is 9.47 Å². The summed E-state index contributed by atoms with van der Waals surface area (Å²) >= 11 is -0.479. The lowest BCUT2D eigenvalue weighted by Crippen LogP contribution is -3.61. The third kappa shape index (κ3) is 9.59. The van der Waals surface area contributed by atoms with Crippen LogP contribution in [0.4, 0.5) is 0 Å². The maximum Gasteiger partial charge on any atom is 0.357 e. The smallest absolute Gasteiger partial charge is 0.357 e. The summed E-state index contributed by atoms with van der Waals surface area (Å²) in [4.78, 5) is 25.0. The van der Waals surface area contributed by atoms with Crippen molar-refractivity contribution < 1.29 is 59.2 Å². The van der Waals surface area contributed by atoms with Gasteiger partial charge in [0, 0.05) is 13.2 Å². The van der Waals surface area contributed by atoms with E-state index in [0.717, 1.165) is 7.14 Å². The Kier molecular flexibility index (Phi) is 11.5. The van der Waals surface area contributed by atoms with Gasteiger partial charge in [0.2, 0.25) is 0 Å². The fourth-order valence-electron chi connectivity index (χ4n) is 3.35. The summed E-state index contributed by atoms with van der Waals surface area (Å²) in [5, 5.41) is 0. The zero-order chi connectivity index (χ0) is 28.9. The van der Waals surface area contributed by atoms with Gasteiger partial charge in [0.1, 0.15) is 23.0 Å². The van der Waals surface area contributed by atoms with Crippen LogP contribution in [0.3, 0.4) is 0 Å². The normalized spacial score (nSPS) is 10.6. The van der Waals surface area contributed by atoms with E-state index in [-0.39, 0.29) is 13.6 Å². The number of carbonyl (C=O) groups is 2. The van der Waals surface area contributed by atoms with Crippen molar-refractivity contribution in [2.75, 3.05) is 26.8 Å². The molecule has 0 aliphatic heterocycles. The molecule has 4 aromatic rings. The van der Waals surface area contributed by atoms with Gasteiger partial charge in [0.05, 0.1) is 11.1 Å². The number of halogens is 1. The molecule has 0 saturated heterocycles. The highest BCUT2D eigenvalue weighted by atomic mass is 127. The second-order valence-corrected chi connectivity index (χ2v) is 11.4. The summed E-state index contributed by atoms with van der Waals surface area (Å²) in [5.41, 5.74) is 0.851. The summed E-state index contributed by atoms with van der Waals surface area (Å²) in [7, 11) is 0. The third-order valence-corrected chi connectivity index (χ3v) is 8.16. The lowest BCUT2D eigenvalue weighted by molar-refractivity contribution is -0.597. The minimum absolute atomic E-state index is 0.161. The predicted molar refractivity (Wildman–Crippen MR) is 147 cm³/mol. The molecule has 0 radical (unpaired) electrons. The van der Waals surface area contributed by atoms with Gasteiger partial charge in [-0.25, -0.2) is 9.59 Å². The summed E-state index contributed by atoms with van der Waals surface area (Å²) in [6, 6.07) is 28.4. The molecule has 0 saturated carbocycles. The van der Waals surface area contributed by atoms with E-state index in [1.807, 2.05) is 38.1 Å². The largest absolute Gasteiger partial charge is 0.468 e. The van der Waals surface area contributed by atoms with Crippen molar-refractivity contribution in [2.24, 2.45) is 0 Å². The fraction of sp³-hybridized carbons (Fsp3) is 0.188. The SMILES string of the molecule is CCOCOc1ccc(C(=O)Oc2ccc([I+]c3ccc(OC(=O)c4ccc(OCOCC)cc4)cc3)cc2)cc1. The fourth-order valence-corrected chi connectivity index (χ4v) is 5.51. The third-order valence-electron chi connectivity index (χ3n) is 5.47. The molecule has 0 unspecified atom stereocenters. The second kappa shape index (κ2) is 15.8. The summed E-state index contributed by atoms with van der Waals surface area (Å²) < 4.78 is 34.5. The van der Waals surface area contributed by atoms with Gasteiger partial charge in [-0.05, 0) is 111 Å². The number of rotatable bonds is 14. The average Bonchev–Trinajstić information content (AvgIpc) is 3.00. The highest BCUT2D eigenvalue weighted by molar-refractivity contribution is 5.91. The first-order chi connectivity index (χ1) is 20.0. The van der Waals surface area contributed by atoms with Crippen LogP contribution in [0.2, 0.25) is 0 Å². The van der Waals surface area contributed by atoms with Crippen molar-refractivity contribution in [1.82, 2.24) is 0 Å². The summed E-state index contributed by atoms with van der Waals surface area (Å²) in [6.45, 7) is 5.23. The van der Waals surface area contributed by atoms with Crippen molar-refractivity contribution in [1.29, 1.82) is 0 Å². The molecular formula is C32H30IO8+. The molecule has 212 valence electrons. The van der Waals surface area contributed by atoms with Gasteiger partial charge in [-0.3, -0.25) is 0 Å². The number of hydrogen-bond donors (Lipinski definition) is 0. The quantitative estimate of drug-likeness (QED) is 0.0667. The molecule has 0 aliphatic carbocycles. The first kappa shape index (κ1) is 30.0. The molecule has 4 rings (SSSR count). The Labute approximate surface area is 249 Å². The van der Waals surface area contributed by atoms with Crippen LogP contribution in [0.1, 0.15) is 34.6 Å². The summed E-state index contributed by atoms with van der Waals surface area (Å²) in [6.07, 6.45) is 0. The van der Waals surface area contributed by atoms with Gasteiger partial charge in [-0.15, -0.1) is 0 Å². The highest BCUT2D eigenvalue weighted by Crippen LogP contribution is 2.17. The average molecular weight is 669 g/mol. The second-order valence-electron chi connectivity index (χ2n) is 8.34. The molecule has 0 bridgehead atoms. The van der Waals surface area contributed by atoms with E-state index in [0.29, 0.717) is 47.3 Å². The molecule has 0 amide bonds. The van der Waals surface area contributed by atoms with Gasteiger partial charge >= 0.3 is 33.1 Å². The van der Waals surface area contributed by atoms with Gasteiger partial charge in [0.15, 0.2) is 20.7 Å². The maximum atomic E-state index is 12.5. The molecule has 9 heteroatoms. The molecule has 0 heterocycles. The standard InChI is InChI=1S/C32H30IO8/c1-3-36-21-38-27-13-5-23(6-14-27)31(34)40-29-17-9-25(10-18-29)33-26-11-19-30(20-12-26)41-32(35)24-7-15-28(16-8-24)39-22-37-4-2/h5-20H,3-4,21-22H2,1-2H3/q+1. The van der Waals surface area contributed by atoms with E-state index in [4.69, 9.17) is 28.4 Å². The highest BCUT2D eigenvalue weighted by Gasteiger charge is 2.17. The Morgan fingerprint density at radius 2 is 0.854 bits per heavy atom. The van der Waals surface area contributed by atoms with E-state index in [9.17, 15) is 9.59 Å². The molecule has 41 heavy (non-hydrogen) atoms. The van der Waals surface area contributed by atoms with Crippen LogP contribution in [-0.4, -0.2) is 38.7 Å². The number of carbonyl (C=O) groups excluding carboxylic acids is 2. The Morgan fingerprint density at radius 1 is 0.512 bits per heavy atom. The van der Waals surface area contributed by atoms with Gasteiger partial charge < -0.3 is 28.4 Å². The van der Waals surface area contributed by atoms with Crippen molar-refractivity contribution in [3.63, 3.8) is 0 Å². The molecule has 0 fully saturated rings. The lowest BCUT2D eigenvalue weighted by atomic mass is 10.2. The van der Waals surface area contributed by atoms with Crippen LogP contribution < -0.4 is 40.2 Å². The first-order valence-electron chi connectivity index (χ1n) is 12.9. The van der Waals surface area contributed by atoms with E-state index in [2.05, 4.69) is 0 Å². The van der Waals surface area contributed by atoms with Crippen LogP contribution in [0.5, 0.6) is 23.0 Å². The van der Waals surface area contributed by atoms with E-state index in [1.165, 1.54) is 0 Å². The molecule has 0 N–H and O–H groups in total.